The topological polar surface area (TPSA) is 71.3 Å². The number of amides is 2. The lowest BCUT2D eigenvalue weighted by molar-refractivity contribution is -0.118. The van der Waals surface area contributed by atoms with Gasteiger partial charge in [-0.25, -0.2) is 0 Å². The van der Waals surface area contributed by atoms with Gasteiger partial charge in [-0.05, 0) is 55.2 Å². The molecule has 1 heterocycles. The van der Waals surface area contributed by atoms with Crippen LogP contribution in [0.3, 0.4) is 0 Å². The smallest absolute Gasteiger partial charge is 0.287 e. The van der Waals surface area contributed by atoms with Gasteiger partial charge in [0, 0.05) is 0 Å². The van der Waals surface area contributed by atoms with Crippen LogP contribution in [-0.2, 0) is 4.79 Å². The summed E-state index contributed by atoms with van der Waals surface area (Å²) in [6.45, 7) is 1.92. The summed E-state index contributed by atoms with van der Waals surface area (Å²) in [6, 6.07) is 7.88. The molecule has 24 heavy (non-hydrogen) atoms. The Morgan fingerprint density at radius 2 is 2.12 bits per heavy atom. The number of rotatable bonds is 7. The molecule has 0 bridgehead atoms. The quantitative estimate of drug-likeness (QED) is 0.783. The molecule has 1 unspecified atom stereocenters. The maximum Gasteiger partial charge on any atom is 0.287 e. The summed E-state index contributed by atoms with van der Waals surface area (Å²) in [7, 11) is 0. The molecule has 0 aliphatic carbocycles. The van der Waals surface area contributed by atoms with E-state index in [-0.39, 0.29) is 11.7 Å². The van der Waals surface area contributed by atoms with Gasteiger partial charge in [0.2, 0.25) is 5.91 Å². The molecule has 0 aliphatic rings. The van der Waals surface area contributed by atoms with E-state index in [1.165, 1.54) is 6.26 Å². The molecule has 1 aromatic heterocycles. The van der Waals surface area contributed by atoms with E-state index >= 15 is 0 Å². The van der Waals surface area contributed by atoms with Gasteiger partial charge < -0.3 is 15.1 Å². The third-order valence-corrected chi connectivity index (χ3v) is 4.32. The van der Waals surface area contributed by atoms with Gasteiger partial charge >= 0.3 is 0 Å². The van der Waals surface area contributed by atoms with Crippen LogP contribution in [0.4, 0.5) is 5.69 Å². The third kappa shape index (κ3) is 5.04. The Morgan fingerprint density at radius 3 is 2.75 bits per heavy atom. The van der Waals surface area contributed by atoms with Crippen molar-refractivity contribution in [2.24, 2.45) is 0 Å². The highest BCUT2D eigenvalue weighted by molar-refractivity contribution is 7.98. The minimum Gasteiger partial charge on any atom is -0.459 e. The van der Waals surface area contributed by atoms with Crippen LogP contribution in [-0.4, -0.2) is 29.9 Å². The fourth-order valence-electron chi connectivity index (χ4n) is 2.08. The van der Waals surface area contributed by atoms with Crippen molar-refractivity contribution in [1.29, 1.82) is 0 Å². The number of hydrogen-bond donors (Lipinski definition) is 2. The van der Waals surface area contributed by atoms with Crippen LogP contribution in [0, 0.1) is 6.92 Å². The molecule has 0 saturated carbocycles. The van der Waals surface area contributed by atoms with Crippen LogP contribution in [0.2, 0.25) is 5.02 Å². The fourth-order valence-corrected chi connectivity index (χ4v) is 2.84. The Bertz CT molecular complexity index is 704. The molecule has 5 nitrogen and oxygen atoms in total. The first-order valence-corrected chi connectivity index (χ1v) is 9.18. The van der Waals surface area contributed by atoms with Crippen molar-refractivity contribution in [1.82, 2.24) is 5.32 Å². The van der Waals surface area contributed by atoms with Crippen molar-refractivity contribution in [2.45, 2.75) is 19.4 Å². The minimum absolute atomic E-state index is 0.172. The Balaban J connectivity index is 2.08. The monoisotopic (exact) mass is 366 g/mol. The van der Waals surface area contributed by atoms with Crippen LogP contribution >= 0.6 is 23.4 Å². The Morgan fingerprint density at radius 1 is 1.33 bits per heavy atom. The average molecular weight is 367 g/mol. The zero-order valence-corrected chi connectivity index (χ0v) is 15.0. The van der Waals surface area contributed by atoms with Gasteiger partial charge in [0.05, 0.1) is 17.0 Å². The molecule has 128 valence electrons. The van der Waals surface area contributed by atoms with Gasteiger partial charge in [-0.3, -0.25) is 9.59 Å². The molecule has 0 fully saturated rings. The van der Waals surface area contributed by atoms with E-state index in [1.807, 2.05) is 19.2 Å². The number of nitrogens with one attached hydrogen (secondary N) is 2. The second-order valence-corrected chi connectivity index (χ2v) is 6.65. The van der Waals surface area contributed by atoms with Gasteiger partial charge in [-0.15, -0.1) is 0 Å². The summed E-state index contributed by atoms with van der Waals surface area (Å²) in [5, 5.41) is 5.94. The number of thioether (sulfide) groups is 1. The van der Waals surface area contributed by atoms with Crippen molar-refractivity contribution in [3.63, 3.8) is 0 Å². The summed E-state index contributed by atoms with van der Waals surface area (Å²) in [6.07, 6.45) is 3.86. The summed E-state index contributed by atoms with van der Waals surface area (Å²) in [5.74, 6) is 0.175. The summed E-state index contributed by atoms with van der Waals surface area (Å²) in [5.41, 5.74) is 1.52. The van der Waals surface area contributed by atoms with Crippen molar-refractivity contribution in [2.75, 3.05) is 17.3 Å². The van der Waals surface area contributed by atoms with Gasteiger partial charge in [0.15, 0.2) is 5.76 Å². The Labute approximate surface area is 150 Å². The van der Waals surface area contributed by atoms with E-state index in [4.69, 9.17) is 16.0 Å². The third-order valence-electron chi connectivity index (χ3n) is 3.36. The standard InChI is InChI=1S/C17H19ClN2O3S/c1-11-5-6-13(12(18)10-11)19-16(21)14(7-9-24-2)20-17(22)15-4-3-8-23-15/h3-6,8,10,14H,7,9H2,1-2H3,(H,19,21)(H,20,22). The van der Waals surface area contributed by atoms with Gasteiger partial charge in [0.1, 0.15) is 6.04 Å². The van der Waals surface area contributed by atoms with Crippen molar-refractivity contribution < 1.29 is 14.0 Å². The van der Waals surface area contributed by atoms with E-state index in [0.29, 0.717) is 17.1 Å². The van der Waals surface area contributed by atoms with Gasteiger partial charge in [-0.2, -0.15) is 11.8 Å². The molecule has 7 heteroatoms. The lowest BCUT2D eigenvalue weighted by Gasteiger charge is -2.18. The first-order chi connectivity index (χ1) is 11.5. The van der Waals surface area contributed by atoms with Crippen molar-refractivity contribution >= 4 is 40.9 Å². The number of anilines is 1. The Kier molecular flexibility index (Phi) is 6.75. The molecule has 0 saturated heterocycles. The largest absolute Gasteiger partial charge is 0.459 e. The van der Waals surface area contributed by atoms with E-state index < -0.39 is 11.9 Å². The minimum atomic E-state index is -0.674. The lowest BCUT2D eigenvalue weighted by atomic mass is 10.1. The van der Waals surface area contributed by atoms with Gasteiger partial charge in [-0.1, -0.05) is 17.7 Å². The molecule has 2 amide bonds. The van der Waals surface area contributed by atoms with E-state index in [1.54, 1.807) is 36.0 Å². The van der Waals surface area contributed by atoms with Crippen molar-refractivity contribution in [3.8, 4) is 0 Å². The average Bonchev–Trinajstić information content (AvgIpc) is 3.08. The highest BCUT2D eigenvalue weighted by Crippen LogP contribution is 2.23. The highest BCUT2D eigenvalue weighted by atomic mass is 35.5. The number of halogens is 1. The lowest BCUT2D eigenvalue weighted by Crippen LogP contribution is -2.44. The number of carbonyl (C=O) groups excluding carboxylic acids is 2. The predicted molar refractivity (Wildman–Crippen MR) is 97.8 cm³/mol. The number of hydrogen-bond acceptors (Lipinski definition) is 4. The first kappa shape index (κ1) is 18.4. The number of carbonyl (C=O) groups is 2. The molecule has 2 rings (SSSR count). The molecular weight excluding hydrogens is 348 g/mol. The van der Waals surface area contributed by atoms with Crippen LogP contribution < -0.4 is 10.6 Å². The summed E-state index contributed by atoms with van der Waals surface area (Å²) >= 11 is 7.75. The maximum absolute atomic E-state index is 12.5. The van der Waals surface area contributed by atoms with Crippen LogP contribution in [0.25, 0.3) is 0 Å². The molecule has 0 aliphatic heterocycles. The SMILES string of the molecule is CSCCC(NC(=O)c1ccco1)C(=O)Nc1ccc(C)cc1Cl. The van der Waals surface area contributed by atoms with Crippen LogP contribution in [0.15, 0.2) is 41.0 Å². The highest BCUT2D eigenvalue weighted by Gasteiger charge is 2.22. The van der Waals surface area contributed by atoms with E-state index in [2.05, 4.69) is 10.6 Å². The zero-order chi connectivity index (χ0) is 17.5. The normalized spacial score (nSPS) is 11.8. The zero-order valence-electron chi connectivity index (χ0n) is 13.5. The molecule has 0 spiro atoms. The molecule has 0 radical (unpaired) electrons. The predicted octanol–water partition coefficient (Wildman–Crippen LogP) is 3.73. The number of aryl methyl sites for hydroxylation is 1. The molecule has 2 aromatic rings. The van der Waals surface area contributed by atoms with Crippen molar-refractivity contribution in [3.05, 3.63) is 52.9 Å². The summed E-state index contributed by atoms with van der Waals surface area (Å²) in [4.78, 5) is 24.7. The molecular formula is C17H19ClN2O3S. The second-order valence-electron chi connectivity index (χ2n) is 5.26. The van der Waals surface area contributed by atoms with Gasteiger partial charge in [0.25, 0.3) is 5.91 Å². The van der Waals surface area contributed by atoms with E-state index in [0.717, 1.165) is 11.3 Å². The fraction of sp³-hybridized carbons (Fsp3) is 0.294. The van der Waals surface area contributed by atoms with Crippen LogP contribution in [0.1, 0.15) is 22.5 Å². The Hall–Kier alpha value is -1.92. The first-order valence-electron chi connectivity index (χ1n) is 7.41. The molecule has 2 N–H and O–H groups in total. The second kappa shape index (κ2) is 8.80. The molecule has 1 atom stereocenters. The summed E-state index contributed by atoms with van der Waals surface area (Å²) < 4.78 is 5.06. The number of furan rings is 1. The van der Waals surface area contributed by atoms with E-state index in [9.17, 15) is 9.59 Å². The number of benzene rings is 1. The molecule has 1 aromatic carbocycles. The van der Waals surface area contributed by atoms with Crippen LogP contribution in [0.5, 0.6) is 0 Å². The maximum atomic E-state index is 12.5.